The van der Waals surface area contributed by atoms with Crippen LogP contribution in [-0.4, -0.2) is 69.7 Å². The molecule has 3 atom stereocenters. The van der Waals surface area contributed by atoms with Gasteiger partial charge in [-0.3, -0.25) is 4.55 Å². The van der Waals surface area contributed by atoms with E-state index in [2.05, 4.69) is 20.8 Å². The van der Waals surface area contributed by atoms with Crippen LogP contribution in [0.15, 0.2) is 24.3 Å². The van der Waals surface area contributed by atoms with Gasteiger partial charge in [0.2, 0.25) is 0 Å². The van der Waals surface area contributed by atoms with Gasteiger partial charge in [-0.05, 0) is 36.0 Å². The largest absolute Gasteiger partial charge is 0.489 e. The van der Waals surface area contributed by atoms with Crippen LogP contribution in [0.3, 0.4) is 0 Å². The summed E-state index contributed by atoms with van der Waals surface area (Å²) in [5, 5.41) is 38.7. The van der Waals surface area contributed by atoms with E-state index in [0.29, 0.717) is 5.75 Å². The van der Waals surface area contributed by atoms with Gasteiger partial charge in [-0.1, -0.05) is 59.1 Å². The lowest BCUT2D eigenvalue weighted by Crippen LogP contribution is -2.56. The predicted octanol–water partition coefficient (Wildman–Crippen LogP) is 2.82. The molecule has 192 valence electrons. The summed E-state index contributed by atoms with van der Waals surface area (Å²) in [5.74, 6) is 0.375. The van der Waals surface area contributed by atoms with Gasteiger partial charge in [0.15, 0.2) is 0 Å². The summed E-state index contributed by atoms with van der Waals surface area (Å²) < 4.78 is 39.1. The molecule has 5 N–H and O–H groups in total. The molecule has 0 radical (unpaired) electrons. The van der Waals surface area contributed by atoms with Crippen LogP contribution in [0.4, 0.5) is 0 Å². The number of rotatable bonds is 16. The Morgan fingerprint density at radius 1 is 0.939 bits per heavy atom. The summed E-state index contributed by atoms with van der Waals surface area (Å²) in [4.78, 5) is 0. The van der Waals surface area contributed by atoms with E-state index in [1.807, 2.05) is 12.1 Å². The quantitative estimate of drug-likeness (QED) is 0.176. The number of ether oxygens (including phenoxy) is 1. The van der Waals surface area contributed by atoms with E-state index >= 15 is 0 Å². The van der Waals surface area contributed by atoms with Crippen LogP contribution < -0.4 is 4.74 Å². The Labute approximate surface area is 198 Å². The standard InChI is InChI=1S/C24H42O8S/c1-5-7-8-13-23(3,4)18-9-11-21(12-10-18)32-22(6-2)24(33(29,30)31,14-19(27)16-25)15-20(28)17-26/h9-12,19-20,22,25-28H,5-8,13-17H2,1-4H3,(H,29,30,31). The van der Waals surface area contributed by atoms with Crippen molar-refractivity contribution in [3.8, 4) is 5.75 Å². The SMILES string of the molecule is CCCCCC(C)(C)c1ccc(OC(CC)C(CC(O)CO)(CC(O)CO)S(=O)(=O)O)cc1. The summed E-state index contributed by atoms with van der Waals surface area (Å²) in [6.07, 6.45) is -0.644. The Morgan fingerprint density at radius 2 is 1.45 bits per heavy atom. The van der Waals surface area contributed by atoms with Crippen LogP contribution in [0.5, 0.6) is 5.75 Å². The van der Waals surface area contributed by atoms with Crippen LogP contribution in [0.2, 0.25) is 0 Å². The molecule has 33 heavy (non-hydrogen) atoms. The first kappa shape index (κ1) is 29.8. The van der Waals surface area contributed by atoms with Crippen molar-refractivity contribution in [2.45, 2.75) is 101 Å². The summed E-state index contributed by atoms with van der Waals surface area (Å²) in [7, 11) is -4.88. The zero-order chi connectivity index (χ0) is 25.3. The molecule has 0 saturated carbocycles. The molecule has 8 nitrogen and oxygen atoms in total. The van der Waals surface area contributed by atoms with E-state index in [4.69, 9.17) is 4.74 Å². The molecule has 0 amide bonds. The molecule has 9 heteroatoms. The maximum Gasteiger partial charge on any atom is 0.274 e. The zero-order valence-corrected chi connectivity index (χ0v) is 21.1. The van der Waals surface area contributed by atoms with Crippen molar-refractivity contribution < 1.29 is 38.1 Å². The first-order chi connectivity index (χ1) is 15.4. The highest BCUT2D eigenvalue weighted by molar-refractivity contribution is 7.87. The first-order valence-electron chi connectivity index (χ1n) is 11.7. The Balaban J connectivity index is 3.27. The van der Waals surface area contributed by atoms with Crippen molar-refractivity contribution in [2.75, 3.05) is 13.2 Å². The van der Waals surface area contributed by atoms with Gasteiger partial charge in [0.1, 0.15) is 16.6 Å². The van der Waals surface area contributed by atoms with Crippen LogP contribution in [0, 0.1) is 0 Å². The Kier molecular flexibility index (Phi) is 11.8. The monoisotopic (exact) mass is 490 g/mol. The minimum Gasteiger partial charge on any atom is -0.489 e. The van der Waals surface area contributed by atoms with Crippen LogP contribution in [0.25, 0.3) is 0 Å². The Morgan fingerprint density at radius 3 is 1.85 bits per heavy atom. The highest BCUT2D eigenvalue weighted by atomic mass is 32.2. The van der Waals surface area contributed by atoms with Gasteiger partial charge in [-0.25, -0.2) is 0 Å². The molecule has 1 aromatic rings. The number of hydrogen-bond acceptors (Lipinski definition) is 7. The zero-order valence-electron chi connectivity index (χ0n) is 20.3. The highest BCUT2D eigenvalue weighted by Crippen LogP contribution is 2.37. The van der Waals surface area contributed by atoms with E-state index in [9.17, 15) is 33.4 Å². The van der Waals surface area contributed by atoms with E-state index in [0.717, 1.165) is 24.8 Å². The first-order valence-corrected chi connectivity index (χ1v) is 13.1. The number of aliphatic hydroxyl groups excluding tert-OH is 4. The number of aliphatic hydroxyl groups is 4. The van der Waals surface area contributed by atoms with Gasteiger partial charge in [-0.2, -0.15) is 8.42 Å². The third kappa shape index (κ3) is 8.19. The second kappa shape index (κ2) is 13.0. The van der Waals surface area contributed by atoms with Gasteiger partial charge < -0.3 is 25.2 Å². The minimum absolute atomic E-state index is 0.0352. The van der Waals surface area contributed by atoms with Gasteiger partial charge in [0.25, 0.3) is 10.1 Å². The average molecular weight is 491 g/mol. The van der Waals surface area contributed by atoms with Gasteiger partial charge >= 0.3 is 0 Å². The molecule has 3 unspecified atom stereocenters. The summed E-state index contributed by atoms with van der Waals surface area (Å²) in [5.41, 5.74) is 1.08. The lowest BCUT2D eigenvalue weighted by Gasteiger charge is -2.39. The molecule has 0 aliphatic carbocycles. The van der Waals surface area contributed by atoms with Gasteiger partial charge in [0, 0.05) is 12.8 Å². The molecule has 0 spiro atoms. The molecule has 0 aromatic heterocycles. The Bertz CT molecular complexity index is 779. The second-order valence-corrected chi connectivity index (χ2v) is 11.3. The van der Waals surface area contributed by atoms with Gasteiger partial charge in [0.05, 0.1) is 25.4 Å². The third-order valence-electron chi connectivity index (χ3n) is 6.37. The minimum atomic E-state index is -4.88. The highest BCUT2D eigenvalue weighted by Gasteiger charge is 2.52. The molecule has 0 aliphatic rings. The fourth-order valence-corrected chi connectivity index (χ4v) is 5.68. The maximum absolute atomic E-state index is 12.5. The molecular weight excluding hydrogens is 448 g/mol. The fourth-order valence-electron chi connectivity index (χ4n) is 4.32. The number of unbranched alkanes of at least 4 members (excludes halogenated alkanes) is 2. The molecule has 0 fully saturated rings. The van der Waals surface area contributed by atoms with Crippen LogP contribution in [-0.2, 0) is 15.5 Å². The summed E-state index contributed by atoms with van der Waals surface area (Å²) in [6.45, 7) is 6.70. The predicted molar refractivity (Wildman–Crippen MR) is 128 cm³/mol. The summed E-state index contributed by atoms with van der Waals surface area (Å²) in [6, 6.07) is 7.32. The van der Waals surface area contributed by atoms with Gasteiger partial charge in [-0.15, -0.1) is 0 Å². The third-order valence-corrected chi connectivity index (χ3v) is 8.00. The lowest BCUT2D eigenvalue weighted by atomic mass is 9.80. The van der Waals surface area contributed by atoms with E-state index in [1.54, 1.807) is 19.1 Å². The molecule has 0 heterocycles. The topological polar surface area (TPSA) is 145 Å². The molecule has 0 bridgehead atoms. The van der Waals surface area contributed by atoms with Crippen molar-refractivity contribution in [3.63, 3.8) is 0 Å². The second-order valence-electron chi connectivity index (χ2n) is 9.50. The maximum atomic E-state index is 12.5. The smallest absolute Gasteiger partial charge is 0.274 e. The molecule has 0 aliphatic heterocycles. The van der Waals surface area contributed by atoms with E-state index in [-0.39, 0.29) is 11.8 Å². The lowest BCUT2D eigenvalue weighted by molar-refractivity contribution is 0.0161. The van der Waals surface area contributed by atoms with Crippen molar-refractivity contribution in [2.24, 2.45) is 0 Å². The average Bonchev–Trinajstić information content (AvgIpc) is 2.76. The molecule has 1 rings (SSSR count). The van der Waals surface area contributed by atoms with E-state index in [1.165, 1.54) is 6.42 Å². The van der Waals surface area contributed by atoms with Crippen LogP contribution >= 0.6 is 0 Å². The van der Waals surface area contributed by atoms with Crippen molar-refractivity contribution >= 4 is 10.1 Å². The number of hydrogen-bond donors (Lipinski definition) is 5. The molecule has 0 saturated heterocycles. The molecular formula is C24H42O8S. The molecule has 1 aromatic carbocycles. The van der Waals surface area contributed by atoms with Crippen molar-refractivity contribution in [3.05, 3.63) is 29.8 Å². The Hall–Kier alpha value is -1.23. The van der Waals surface area contributed by atoms with Crippen molar-refractivity contribution in [1.29, 1.82) is 0 Å². The summed E-state index contributed by atoms with van der Waals surface area (Å²) >= 11 is 0. The normalized spacial score (nSPS) is 17.2. The number of benzene rings is 1. The van der Waals surface area contributed by atoms with Crippen molar-refractivity contribution in [1.82, 2.24) is 0 Å². The van der Waals surface area contributed by atoms with Crippen LogP contribution in [0.1, 0.15) is 78.2 Å². The van der Waals surface area contributed by atoms with E-state index < -0.39 is 59.2 Å². The fraction of sp³-hybridized carbons (Fsp3) is 0.750.